The van der Waals surface area contributed by atoms with E-state index in [4.69, 9.17) is 4.74 Å². The van der Waals surface area contributed by atoms with Crippen molar-refractivity contribution in [3.05, 3.63) is 70.8 Å². The summed E-state index contributed by atoms with van der Waals surface area (Å²) in [5.74, 6) is -0.409. The first kappa shape index (κ1) is 16.2. The molecule has 3 nitrogen and oxygen atoms in total. The van der Waals surface area contributed by atoms with Crippen molar-refractivity contribution in [2.45, 2.75) is 33.5 Å². The maximum atomic E-state index is 12.1. The van der Waals surface area contributed by atoms with E-state index in [0.29, 0.717) is 13.0 Å². The highest BCUT2D eigenvalue weighted by molar-refractivity contribution is 5.72. The lowest BCUT2D eigenvalue weighted by Crippen LogP contribution is -2.17. The molecule has 0 fully saturated rings. The molecule has 0 aliphatic rings. The summed E-state index contributed by atoms with van der Waals surface area (Å²) in [6.45, 7) is 4.16. The molecule has 0 bridgehead atoms. The minimum atomic E-state index is -0.210. The van der Waals surface area contributed by atoms with Crippen LogP contribution in [-0.2, 0) is 29.2 Å². The Morgan fingerprint density at radius 2 is 1.86 bits per heavy atom. The zero-order valence-corrected chi connectivity index (χ0v) is 13.1. The Bertz CT molecular complexity index is 620. The van der Waals surface area contributed by atoms with E-state index in [1.54, 1.807) is 0 Å². The average molecular weight is 298 g/mol. The fourth-order valence-corrected chi connectivity index (χ4v) is 2.33. The molecule has 1 N–H and O–H groups in total. The third-order valence-corrected chi connectivity index (χ3v) is 3.75. The first-order valence-electron chi connectivity index (χ1n) is 7.50. The smallest absolute Gasteiger partial charge is 0.309 e. The van der Waals surface area contributed by atoms with Gasteiger partial charge in [-0.15, -0.1) is 0 Å². The molecule has 0 amide bonds. The molecule has 0 aliphatic heterocycles. The molecule has 116 valence electrons. The average Bonchev–Trinajstić information content (AvgIpc) is 2.55. The molecule has 2 rings (SSSR count). The fraction of sp³-hybridized carbons (Fsp3) is 0.316. The van der Waals surface area contributed by atoms with Gasteiger partial charge in [0.25, 0.3) is 0 Å². The van der Waals surface area contributed by atoms with E-state index in [0.717, 1.165) is 22.3 Å². The van der Waals surface area contributed by atoms with Gasteiger partial charge in [-0.3, -0.25) is 4.79 Å². The maximum absolute atomic E-state index is 12.1. The van der Waals surface area contributed by atoms with Crippen LogP contribution in [0.25, 0.3) is 0 Å². The Hall–Kier alpha value is -2.13. The Morgan fingerprint density at radius 1 is 1.14 bits per heavy atom. The van der Waals surface area contributed by atoms with Gasteiger partial charge in [0.1, 0.15) is 6.61 Å². The van der Waals surface area contributed by atoms with Crippen molar-refractivity contribution in [3.63, 3.8) is 0 Å². The van der Waals surface area contributed by atoms with Crippen LogP contribution in [0.5, 0.6) is 0 Å². The topological polar surface area (TPSA) is 46.5 Å². The predicted octanol–water partition coefficient (Wildman–Crippen LogP) is 3.41. The summed E-state index contributed by atoms with van der Waals surface area (Å²) < 4.78 is 5.35. The minimum Gasteiger partial charge on any atom is -0.461 e. The molecule has 1 unspecified atom stereocenters. The molecule has 0 aromatic heterocycles. The van der Waals surface area contributed by atoms with E-state index in [1.165, 1.54) is 0 Å². The van der Waals surface area contributed by atoms with Crippen LogP contribution < -0.4 is 0 Å². The number of hydrogen-bond donors (Lipinski definition) is 1. The lowest BCUT2D eigenvalue weighted by atomic mass is 9.97. The summed E-state index contributed by atoms with van der Waals surface area (Å²) in [6, 6.07) is 15.6. The molecule has 2 aromatic rings. The number of rotatable bonds is 6. The second-order valence-corrected chi connectivity index (χ2v) is 5.62. The summed E-state index contributed by atoms with van der Waals surface area (Å²) in [5.41, 5.74) is 3.99. The SMILES string of the molecule is Cc1ccc(CC(C)C(=O)OCc2ccccc2)cc1CO. The van der Waals surface area contributed by atoms with Gasteiger partial charge in [0.15, 0.2) is 0 Å². The zero-order chi connectivity index (χ0) is 15.9. The summed E-state index contributed by atoms with van der Waals surface area (Å²) in [7, 11) is 0. The van der Waals surface area contributed by atoms with Crippen LogP contribution in [0.15, 0.2) is 48.5 Å². The summed E-state index contributed by atoms with van der Waals surface area (Å²) in [4.78, 5) is 12.1. The minimum absolute atomic E-state index is 0.0203. The molecule has 0 radical (unpaired) electrons. The Balaban J connectivity index is 1.91. The van der Waals surface area contributed by atoms with Crippen LogP contribution in [0.1, 0.15) is 29.2 Å². The normalized spacial score (nSPS) is 12.0. The first-order valence-corrected chi connectivity index (χ1v) is 7.50. The molecule has 0 heterocycles. The second-order valence-electron chi connectivity index (χ2n) is 5.62. The van der Waals surface area contributed by atoms with Gasteiger partial charge < -0.3 is 9.84 Å². The van der Waals surface area contributed by atoms with Crippen molar-refractivity contribution < 1.29 is 14.6 Å². The Morgan fingerprint density at radius 3 is 2.55 bits per heavy atom. The molecular weight excluding hydrogens is 276 g/mol. The van der Waals surface area contributed by atoms with E-state index in [9.17, 15) is 9.90 Å². The van der Waals surface area contributed by atoms with Gasteiger partial charge in [-0.05, 0) is 35.6 Å². The van der Waals surface area contributed by atoms with E-state index in [2.05, 4.69) is 0 Å². The highest BCUT2D eigenvalue weighted by atomic mass is 16.5. The highest BCUT2D eigenvalue weighted by Gasteiger charge is 2.15. The number of benzene rings is 2. The number of ether oxygens (including phenoxy) is 1. The van der Waals surface area contributed by atoms with Gasteiger partial charge in [-0.2, -0.15) is 0 Å². The zero-order valence-electron chi connectivity index (χ0n) is 13.1. The lowest BCUT2D eigenvalue weighted by molar-refractivity contribution is -0.149. The van der Waals surface area contributed by atoms with Crippen LogP contribution >= 0.6 is 0 Å². The van der Waals surface area contributed by atoms with Crippen LogP contribution in [0, 0.1) is 12.8 Å². The summed E-state index contributed by atoms with van der Waals surface area (Å²) in [5, 5.41) is 9.30. The van der Waals surface area contributed by atoms with Crippen LogP contribution in [0.4, 0.5) is 0 Å². The number of aliphatic hydroxyl groups excluding tert-OH is 1. The third-order valence-electron chi connectivity index (χ3n) is 3.75. The van der Waals surface area contributed by atoms with Gasteiger partial charge in [0.05, 0.1) is 12.5 Å². The van der Waals surface area contributed by atoms with Gasteiger partial charge in [0, 0.05) is 0 Å². The van der Waals surface area contributed by atoms with E-state index >= 15 is 0 Å². The van der Waals surface area contributed by atoms with E-state index in [-0.39, 0.29) is 18.5 Å². The van der Waals surface area contributed by atoms with E-state index in [1.807, 2.05) is 62.4 Å². The van der Waals surface area contributed by atoms with Crippen LogP contribution in [0.2, 0.25) is 0 Å². The Labute approximate surface area is 131 Å². The molecule has 3 heteroatoms. The van der Waals surface area contributed by atoms with Crippen molar-refractivity contribution in [2.24, 2.45) is 5.92 Å². The highest BCUT2D eigenvalue weighted by Crippen LogP contribution is 2.16. The van der Waals surface area contributed by atoms with Crippen molar-refractivity contribution in [2.75, 3.05) is 0 Å². The van der Waals surface area contributed by atoms with Crippen molar-refractivity contribution in [1.82, 2.24) is 0 Å². The molecular formula is C19H22O3. The van der Waals surface area contributed by atoms with Gasteiger partial charge >= 0.3 is 5.97 Å². The molecule has 1 atom stereocenters. The molecule has 0 spiro atoms. The monoisotopic (exact) mass is 298 g/mol. The van der Waals surface area contributed by atoms with Crippen molar-refractivity contribution >= 4 is 5.97 Å². The number of aliphatic hydroxyl groups is 1. The predicted molar refractivity (Wildman–Crippen MR) is 86.2 cm³/mol. The number of carbonyl (C=O) groups is 1. The Kier molecular flexibility index (Phi) is 5.73. The number of esters is 1. The first-order chi connectivity index (χ1) is 10.6. The second kappa shape index (κ2) is 7.76. The van der Waals surface area contributed by atoms with Gasteiger partial charge in [-0.25, -0.2) is 0 Å². The number of aryl methyl sites for hydroxylation is 1. The standard InChI is InChI=1S/C19H22O3/c1-14-8-9-17(11-18(14)12-20)10-15(2)19(21)22-13-16-6-4-3-5-7-16/h3-9,11,15,20H,10,12-13H2,1-2H3. The van der Waals surface area contributed by atoms with E-state index < -0.39 is 0 Å². The molecule has 0 saturated heterocycles. The fourth-order valence-electron chi connectivity index (χ4n) is 2.33. The van der Waals surface area contributed by atoms with Crippen LogP contribution in [-0.4, -0.2) is 11.1 Å². The maximum Gasteiger partial charge on any atom is 0.309 e. The number of hydrogen-bond acceptors (Lipinski definition) is 3. The molecule has 2 aromatic carbocycles. The summed E-state index contributed by atoms with van der Waals surface area (Å²) >= 11 is 0. The molecule has 0 saturated carbocycles. The lowest BCUT2D eigenvalue weighted by Gasteiger charge is -2.13. The molecule has 22 heavy (non-hydrogen) atoms. The summed E-state index contributed by atoms with van der Waals surface area (Å²) in [6.07, 6.45) is 0.612. The largest absolute Gasteiger partial charge is 0.461 e. The van der Waals surface area contributed by atoms with Crippen molar-refractivity contribution in [1.29, 1.82) is 0 Å². The third kappa shape index (κ3) is 4.43. The number of carbonyl (C=O) groups excluding carboxylic acids is 1. The van der Waals surface area contributed by atoms with Crippen molar-refractivity contribution in [3.8, 4) is 0 Å². The quantitative estimate of drug-likeness (QED) is 0.831. The van der Waals surface area contributed by atoms with Crippen LogP contribution in [0.3, 0.4) is 0 Å². The van der Waals surface area contributed by atoms with Gasteiger partial charge in [-0.1, -0.05) is 55.5 Å². The van der Waals surface area contributed by atoms with Gasteiger partial charge in [0.2, 0.25) is 0 Å². The molecule has 0 aliphatic carbocycles.